The Morgan fingerprint density at radius 2 is 1.96 bits per heavy atom. The van der Waals surface area contributed by atoms with Crippen molar-refractivity contribution in [2.24, 2.45) is 5.92 Å². The molecular formula is C18H24BrNO5. The molecule has 0 saturated carbocycles. The molecule has 0 N–H and O–H groups in total. The van der Waals surface area contributed by atoms with Crippen LogP contribution in [0.1, 0.15) is 30.1 Å². The van der Waals surface area contributed by atoms with Crippen LogP contribution in [0.25, 0.3) is 0 Å². The van der Waals surface area contributed by atoms with E-state index in [9.17, 15) is 9.59 Å². The number of hydrogen-bond donors (Lipinski definition) is 0. The summed E-state index contributed by atoms with van der Waals surface area (Å²) >= 11 is 3.40. The van der Waals surface area contributed by atoms with Crippen molar-refractivity contribution in [2.75, 3.05) is 40.0 Å². The third-order valence-corrected chi connectivity index (χ3v) is 4.61. The highest BCUT2D eigenvalue weighted by molar-refractivity contribution is 9.10. The van der Waals surface area contributed by atoms with Crippen LogP contribution in [0.5, 0.6) is 5.75 Å². The molecule has 25 heavy (non-hydrogen) atoms. The second kappa shape index (κ2) is 9.77. The monoisotopic (exact) mass is 413 g/mol. The average Bonchev–Trinajstić information content (AvgIpc) is 2.63. The van der Waals surface area contributed by atoms with Crippen molar-refractivity contribution in [1.29, 1.82) is 0 Å². The van der Waals surface area contributed by atoms with Crippen LogP contribution in [0.2, 0.25) is 0 Å². The van der Waals surface area contributed by atoms with E-state index in [-0.39, 0.29) is 17.8 Å². The Morgan fingerprint density at radius 1 is 1.24 bits per heavy atom. The van der Waals surface area contributed by atoms with Crippen molar-refractivity contribution < 1.29 is 23.8 Å². The van der Waals surface area contributed by atoms with Gasteiger partial charge in [-0.3, -0.25) is 9.59 Å². The highest BCUT2D eigenvalue weighted by Gasteiger charge is 2.29. The molecular weight excluding hydrogens is 390 g/mol. The molecule has 0 spiro atoms. The van der Waals surface area contributed by atoms with Crippen molar-refractivity contribution in [1.82, 2.24) is 4.90 Å². The Balaban J connectivity index is 2.03. The van der Waals surface area contributed by atoms with Crippen LogP contribution in [-0.4, -0.2) is 56.8 Å². The Morgan fingerprint density at radius 3 is 2.60 bits per heavy atom. The molecule has 0 aliphatic carbocycles. The Hall–Kier alpha value is -1.60. The molecule has 1 aromatic carbocycles. The second-order valence-electron chi connectivity index (χ2n) is 5.80. The lowest BCUT2D eigenvalue weighted by Crippen LogP contribution is -2.40. The summed E-state index contributed by atoms with van der Waals surface area (Å²) in [7, 11) is 1.60. The zero-order chi connectivity index (χ0) is 18.2. The number of amides is 1. The quantitative estimate of drug-likeness (QED) is 0.507. The number of ether oxygens (including phenoxy) is 3. The molecule has 0 unspecified atom stereocenters. The maximum Gasteiger partial charge on any atom is 0.309 e. The molecule has 7 heteroatoms. The van der Waals surface area contributed by atoms with Gasteiger partial charge in [-0.15, -0.1) is 0 Å². The zero-order valence-electron chi connectivity index (χ0n) is 14.6. The van der Waals surface area contributed by atoms with Gasteiger partial charge < -0.3 is 19.1 Å². The maximum atomic E-state index is 12.9. The van der Waals surface area contributed by atoms with E-state index in [1.54, 1.807) is 31.1 Å². The molecule has 0 radical (unpaired) electrons. The fraction of sp³-hybridized carbons (Fsp3) is 0.556. The molecule has 1 heterocycles. The van der Waals surface area contributed by atoms with Gasteiger partial charge >= 0.3 is 5.97 Å². The molecule has 2 rings (SSSR count). The third-order valence-electron chi connectivity index (χ3n) is 4.12. The summed E-state index contributed by atoms with van der Waals surface area (Å²) in [6, 6.07) is 5.38. The molecule has 0 atom stereocenters. The smallest absolute Gasteiger partial charge is 0.309 e. The van der Waals surface area contributed by atoms with E-state index >= 15 is 0 Å². The lowest BCUT2D eigenvalue weighted by atomic mass is 9.96. The molecule has 0 bridgehead atoms. The van der Waals surface area contributed by atoms with Crippen molar-refractivity contribution >= 4 is 27.8 Å². The summed E-state index contributed by atoms with van der Waals surface area (Å²) in [4.78, 5) is 26.5. The number of likely N-dealkylation sites (tertiary alicyclic amines) is 1. The molecule has 1 amide bonds. The number of nitrogens with zero attached hydrogens (tertiary/aromatic N) is 1. The van der Waals surface area contributed by atoms with Gasteiger partial charge in [-0.2, -0.15) is 0 Å². The van der Waals surface area contributed by atoms with E-state index < -0.39 is 0 Å². The highest BCUT2D eigenvalue weighted by atomic mass is 79.9. The normalized spacial score (nSPS) is 15.1. The predicted octanol–water partition coefficient (Wildman–Crippen LogP) is 2.89. The van der Waals surface area contributed by atoms with Gasteiger partial charge in [-0.05, 0) is 38.0 Å². The maximum absolute atomic E-state index is 12.9. The number of hydrogen-bond acceptors (Lipinski definition) is 5. The Bertz CT molecular complexity index is 599. The van der Waals surface area contributed by atoms with Crippen LogP contribution >= 0.6 is 15.9 Å². The number of benzene rings is 1. The lowest BCUT2D eigenvalue weighted by Gasteiger charge is -2.31. The largest absolute Gasteiger partial charge is 0.490 e. The van der Waals surface area contributed by atoms with Crippen molar-refractivity contribution in [3.05, 3.63) is 28.2 Å². The van der Waals surface area contributed by atoms with Gasteiger partial charge in [0.2, 0.25) is 0 Å². The fourth-order valence-corrected chi connectivity index (χ4v) is 3.14. The zero-order valence-corrected chi connectivity index (χ0v) is 16.2. The van der Waals surface area contributed by atoms with Crippen molar-refractivity contribution in [3.63, 3.8) is 0 Å². The first-order valence-electron chi connectivity index (χ1n) is 8.44. The number of rotatable bonds is 7. The Labute approximate surface area is 156 Å². The van der Waals surface area contributed by atoms with Crippen LogP contribution in [0, 0.1) is 5.92 Å². The van der Waals surface area contributed by atoms with Gasteiger partial charge in [-0.1, -0.05) is 15.9 Å². The fourth-order valence-electron chi connectivity index (χ4n) is 2.78. The highest BCUT2D eigenvalue weighted by Crippen LogP contribution is 2.27. The number of halogens is 1. The molecule has 1 fully saturated rings. The van der Waals surface area contributed by atoms with Crippen LogP contribution < -0.4 is 4.74 Å². The van der Waals surface area contributed by atoms with E-state index in [0.717, 1.165) is 4.47 Å². The number of methoxy groups -OCH3 is 1. The summed E-state index contributed by atoms with van der Waals surface area (Å²) in [6.45, 7) is 4.09. The minimum absolute atomic E-state index is 0.0870. The predicted molar refractivity (Wildman–Crippen MR) is 96.8 cm³/mol. The van der Waals surface area contributed by atoms with E-state index in [0.29, 0.717) is 57.1 Å². The number of piperidine rings is 1. The van der Waals surface area contributed by atoms with Crippen LogP contribution in [0.4, 0.5) is 0 Å². The average molecular weight is 414 g/mol. The SMILES string of the molecule is CCOC(=O)C1CCN(C(=O)c2cc(Br)ccc2OCCOC)CC1. The van der Waals surface area contributed by atoms with E-state index in [1.807, 2.05) is 6.07 Å². The van der Waals surface area contributed by atoms with Gasteiger partial charge in [0.05, 0.1) is 24.7 Å². The minimum Gasteiger partial charge on any atom is -0.490 e. The Kier molecular flexibility index (Phi) is 7.71. The first-order valence-corrected chi connectivity index (χ1v) is 9.23. The van der Waals surface area contributed by atoms with Gasteiger partial charge in [0.25, 0.3) is 5.91 Å². The molecule has 1 saturated heterocycles. The van der Waals surface area contributed by atoms with Crippen LogP contribution in [0.15, 0.2) is 22.7 Å². The van der Waals surface area contributed by atoms with Gasteiger partial charge in [-0.25, -0.2) is 0 Å². The summed E-state index contributed by atoms with van der Waals surface area (Å²) in [5.74, 6) is 0.165. The summed E-state index contributed by atoms with van der Waals surface area (Å²) in [6.07, 6.45) is 1.25. The number of esters is 1. The summed E-state index contributed by atoms with van der Waals surface area (Å²) in [5.41, 5.74) is 0.514. The van der Waals surface area contributed by atoms with E-state index in [1.165, 1.54) is 0 Å². The van der Waals surface area contributed by atoms with E-state index in [2.05, 4.69) is 15.9 Å². The first-order chi connectivity index (χ1) is 12.1. The van der Waals surface area contributed by atoms with Crippen molar-refractivity contribution in [3.8, 4) is 5.75 Å². The molecule has 1 aliphatic rings. The molecule has 1 aliphatic heterocycles. The van der Waals surface area contributed by atoms with Gasteiger partial charge in [0.1, 0.15) is 12.4 Å². The molecule has 6 nitrogen and oxygen atoms in total. The van der Waals surface area contributed by atoms with Crippen LogP contribution in [0.3, 0.4) is 0 Å². The summed E-state index contributed by atoms with van der Waals surface area (Å²) in [5, 5.41) is 0. The summed E-state index contributed by atoms with van der Waals surface area (Å²) < 4.78 is 16.5. The second-order valence-corrected chi connectivity index (χ2v) is 6.72. The number of carbonyl (C=O) groups excluding carboxylic acids is 2. The van der Waals surface area contributed by atoms with Gasteiger partial charge in [0, 0.05) is 24.7 Å². The molecule has 0 aromatic heterocycles. The first kappa shape index (κ1) is 19.7. The van der Waals surface area contributed by atoms with Crippen molar-refractivity contribution in [2.45, 2.75) is 19.8 Å². The molecule has 138 valence electrons. The standard InChI is InChI=1S/C18H24BrNO5/c1-3-24-18(22)13-6-8-20(9-7-13)17(21)15-12-14(19)4-5-16(15)25-11-10-23-2/h4-5,12-13H,3,6-11H2,1-2H3. The minimum atomic E-state index is -0.166. The van der Waals surface area contributed by atoms with Crippen LogP contribution in [-0.2, 0) is 14.3 Å². The number of carbonyl (C=O) groups is 2. The lowest BCUT2D eigenvalue weighted by molar-refractivity contribution is -0.149. The van der Waals surface area contributed by atoms with Gasteiger partial charge in [0.15, 0.2) is 0 Å². The topological polar surface area (TPSA) is 65.1 Å². The third kappa shape index (κ3) is 5.44. The van der Waals surface area contributed by atoms with E-state index in [4.69, 9.17) is 14.2 Å². The molecule has 1 aromatic rings.